The van der Waals surface area contributed by atoms with E-state index in [-0.39, 0.29) is 48.7 Å². The molecular formula is C18H26F2N4O4. The van der Waals surface area contributed by atoms with Crippen LogP contribution in [0.4, 0.5) is 20.4 Å². The van der Waals surface area contributed by atoms with E-state index >= 15 is 0 Å². The van der Waals surface area contributed by atoms with E-state index in [9.17, 15) is 13.6 Å². The minimum Gasteiger partial charge on any atom is -0.479 e. The topological polar surface area (TPSA) is 85.8 Å². The molecule has 1 aromatic rings. The SMILES string of the molecule is COc1nc(N2CCC(OC)CC2)nc(OC)c1NC(=O)CC1CC(F)(F)C1. The van der Waals surface area contributed by atoms with E-state index in [0.29, 0.717) is 5.95 Å². The summed E-state index contributed by atoms with van der Waals surface area (Å²) in [6.07, 6.45) is 1.42. The van der Waals surface area contributed by atoms with Gasteiger partial charge in [0.1, 0.15) is 0 Å². The van der Waals surface area contributed by atoms with Crippen molar-refractivity contribution in [3.05, 3.63) is 0 Å². The van der Waals surface area contributed by atoms with Crippen LogP contribution in [0.2, 0.25) is 0 Å². The van der Waals surface area contributed by atoms with Crippen LogP contribution in [0.15, 0.2) is 0 Å². The Bertz CT molecular complexity index is 678. The molecule has 3 rings (SSSR count). The van der Waals surface area contributed by atoms with Crippen LogP contribution in [0, 0.1) is 5.92 Å². The Hall–Kier alpha value is -2.23. The lowest BCUT2D eigenvalue weighted by Gasteiger charge is -2.34. The van der Waals surface area contributed by atoms with Crippen molar-refractivity contribution in [3.63, 3.8) is 0 Å². The monoisotopic (exact) mass is 400 g/mol. The molecule has 1 aliphatic carbocycles. The molecule has 0 spiro atoms. The van der Waals surface area contributed by atoms with Gasteiger partial charge < -0.3 is 24.4 Å². The number of carbonyl (C=O) groups is 1. The summed E-state index contributed by atoms with van der Waals surface area (Å²) >= 11 is 0. The molecule has 156 valence electrons. The Kier molecular flexibility index (Phi) is 6.17. The van der Waals surface area contributed by atoms with E-state index in [1.165, 1.54) is 14.2 Å². The number of anilines is 2. The van der Waals surface area contributed by atoms with Gasteiger partial charge in [-0.15, -0.1) is 0 Å². The minimum atomic E-state index is -2.65. The van der Waals surface area contributed by atoms with E-state index < -0.39 is 11.8 Å². The number of hydrogen-bond acceptors (Lipinski definition) is 7. The van der Waals surface area contributed by atoms with Crippen molar-refractivity contribution in [1.29, 1.82) is 0 Å². The van der Waals surface area contributed by atoms with Gasteiger partial charge in [-0.2, -0.15) is 9.97 Å². The van der Waals surface area contributed by atoms with Crippen LogP contribution in [-0.4, -0.2) is 62.3 Å². The van der Waals surface area contributed by atoms with Crippen LogP contribution in [0.5, 0.6) is 11.8 Å². The van der Waals surface area contributed by atoms with E-state index in [0.717, 1.165) is 25.9 Å². The Morgan fingerprint density at radius 3 is 2.18 bits per heavy atom. The van der Waals surface area contributed by atoms with E-state index in [4.69, 9.17) is 14.2 Å². The molecule has 1 aliphatic heterocycles. The zero-order valence-corrected chi connectivity index (χ0v) is 16.3. The smallest absolute Gasteiger partial charge is 0.248 e. The van der Waals surface area contributed by atoms with Gasteiger partial charge >= 0.3 is 0 Å². The number of halogens is 2. The number of ether oxygens (including phenoxy) is 3. The summed E-state index contributed by atoms with van der Waals surface area (Å²) in [5, 5.41) is 2.66. The van der Waals surface area contributed by atoms with Crippen LogP contribution in [0.1, 0.15) is 32.1 Å². The Labute approximate surface area is 162 Å². The van der Waals surface area contributed by atoms with Gasteiger partial charge in [0, 0.05) is 39.5 Å². The molecule has 2 aliphatic rings. The van der Waals surface area contributed by atoms with Crippen LogP contribution < -0.4 is 19.7 Å². The Balaban J connectivity index is 1.71. The van der Waals surface area contributed by atoms with Crippen molar-refractivity contribution in [1.82, 2.24) is 9.97 Å². The van der Waals surface area contributed by atoms with Gasteiger partial charge in [-0.3, -0.25) is 4.79 Å². The first-order valence-corrected chi connectivity index (χ1v) is 9.30. The number of methoxy groups -OCH3 is 3. The summed E-state index contributed by atoms with van der Waals surface area (Å²) in [5.41, 5.74) is 0.205. The first-order valence-electron chi connectivity index (χ1n) is 9.30. The fraction of sp³-hybridized carbons (Fsp3) is 0.722. The number of nitrogens with zero attached hydrogens (tertiary/aromatic N) is 3. The molecule has 2 heterocycles. The van der Waals surface area contributed by atoms with Gasteiger partial charge in [0.15, 0.2) is 5.69 Å². The lowest BCUT2D eigenvalue weighted by Crippen LogP contribution is -2.38. The summed E-state index contributed by atoms with van der Waals surface area (Å²) in [4.78, 5) is 23.1. The van der Waals surface area contributed by atoms with Crippen LogP contribution in [0.25, 0.3) is 0 Å². The standard InChI is InChI=1S/C18H26F2N4O4/c1-26-12-4-6-24(7-5-12)17-22-15(27-2)14(16(23-17)28-3)21-13(25)8-11-9-18(19,20)10-11/h11-12H,4-10H2,1-3H3,(H,21,25). The minimum absolute atomic E-state index is 0.00812. The molecule has 0 aromatic carbocycles. The maximum atomic E-state index is 13.0. The fourth-order valence-corrected chi connectivity index (χ4v) is 3.63. The lowest BCUT2D eigenvalue weighted by molar-refractivity contribution is -0.129. The van der Waals surface area contributed by atoms with Gasteiger partial charge in [0.2, 0.25) is 29.5 Å². The van der Waals surface area contributed by atoms with Crippen molar-refractivity contribution >= 4 is 17.5 Å². The number of amides is 1. The van der Waals surface area contributed by atoms with Gasteiger partial charge in [0.05, 0.1) is 20.3 Å². The molecule has 0 bridgehead atoms. The summed E-state index contributed by atoms with van der Waals surface area (Å²) in [6, 6.07) is 0. The zero-order chi connectivity index (χ0) is 20.3. The van der Waals surface area contributed by atoms with Gasteiger partial charge in [-0.25, -0.2) is 8.78 Å². The van der Waals surface area contributed by atoms with Gasteiger partial charge in [0.25, 0.3) is 0 Å². The third-order valence-corrected chi connectivity index (χ3v) is 5.19. The highest BCUT2D eigenvalue weighted by Crippen LogP contribution is 2.44. The summed E-state index contributed by atoms with van der Waals surface area (Å²) in [6.45, 7) is 1.46. The molecule has 1 aromatic heterocycles. The molecular weight excluding hydrogens is 374 g/mol. The highest BCUT2D eigenvalue weighted by Gasteiger charge is 2.45. The quantitative estimate of drug-likeness (QED) is 0.753. The maximum Gasteiger partial charge on any atom is 0.248 e. The molecule has 0 atom stereocenters. The lowest BCUT2D eigenvalue weighted by atomic mass is 9.79. The Morgan fingerprint density at radius 1 is 1.14 bits per heavy atom. The second kappa shape index (κ2) is 8.42. The molecule has 0 radical (unpaired) electrons. The maximum absolute atomic E-state index is 13.0. The number of alkyl halides is 2. The average Bonchev–Trinajstić information content (AvgIpc) is 2.66. The van der Waals surface area contributed by atoms with E-state index in [1.807, 2.05) is 4.90 Å². The second-order valence-electron chi connectivity index (χ2n) is 7.22. The largest absolute Gasteiger partial charge is 0.479 e. The molecule has 8 nitrogen and oxygen atoms in total. The van der Waals surface area contributed by atoms with Crippen molar-refractivity contribution in [2.45, 2.75) is 44.1 Å². The van der Waals surface area contributed by atoms with E-state index in [2.05, 4.69) is 15.3 Å². The van der Waals surface area contributed by atoms with Crippen molar-refractivity contribution in [2.75, 3.05) is 44.6 Å². The molecule has 1 N–H and O–H groups in total. The van der Waals surface area contributed by atoms with Crippen LogP contribution >= 0.6 is 0 Å². The van der Waals surface area contributed by atoms with Crippen molar-refractivity contribution in [2.24, 2.45) is 5.92 Å². The molecule has 1 saturated heterocycles. The number of carbonyl (C=O) groups excluding carboxylic acids is 1. The highest BCUT2D eigenvalue weighted by molar-refractivity contribution is 5.93. The van der Waals surface area contributed by atoms with Gasteiger partial charge in [-0.1, -0.05) is 0 Å². The second-order valence-corrected chi connectivity index (χ2v) is 7.22. The zero-order valence-electron chi connectivity index (χ0n) is 16.3. The average molecular weight is 400 g/mol. The molecule has 10 heteroatoms. The summed E-state index contributed by atoms with van der Waals surface area (Å²) < 4.78 is 42.0. The first-order chi connectivity index (χ1) is 13.3. The summed E-state index contributed by atoms with van der Waals surface area (Å²) in [5.74, 6) is -2.59. The highest BCUT2D eigenvalue weighted by atomic mass is 19.3. The third-order valence-electron chi connectivity index (χ3n) is 5.19. The van der Waals surface area contributed by atoms with Crippen molar-refractivity contribution < 1.29 is 27.8 Å². The number of hydrogen-bond donors (Lipinski definition) is 1. The number of rotatable bonds is 7. The molecule has 1 saturated carbocycles. The number of piperidine rings is 1. The first kappa shape index (κ1) is 20.5. The van der Waals surface area contributed by atoms with Crippen molar-refractivity contribution in [3.8, 4) is 11.8 Å². The number of nitrogens with one attached hydrogen (secondary N) is 1. The molecule has 0 unspecified atom stereocenters. The van der Waals surface area contributed by atoms with Crippen LogP contribution in [-0.2, 0) is 9.53 Å². The summed E-state index contributed by atoms with van der Waals surface area (Å²) in [7, 11) is 4.57. The third kappa shape index (κ3) is 4.60. The number of aromatic nitrogens is 2. The Morgan fingerprint density at radius 2 is 1.71 bits per heavy atom. The fourth-order valence-electron chi connectivity index (χ4n) is 3.63. The molecule has 28 heavy (non-hydrogen) atoms. The normalized spacial score (nSPS) is 19.8. The molecule has 2 fully saturated rings. The van der Waals surface area contributed by atoms with Crippen LogP contribution in [0.3, 0.4) is 0 Å². The predicted molar refractivity (Wildman–Crippen MR) is 98.3 cm³/mol. The van der Waals surface area contributed by atoms with Gasteiger partial charge in [-0.05, 0) is 18.8 Å². The van der Waals surface area contributed by atoms with E-state index in [1.54, 1.807) is 7.11 Å². The predicted octanol–water partition coefficient (Wildman–Crippen LogP) is 2.48. The molecule has 1 amide bonds.